The first-order chi connectivity index (χ1) is 15.8. The fourth-order valence-corrected chi connectivity index (χ4v) is 3.81. The van der Waals surface area contributed by atoms with Crippen molar-refractivity contribution in [2.75, 3.05) is 24.4 Å². The smallest absolute Gasteiger partial charge is 0.282 e. The number of carbonyl (C=O) groups excluding carboxylic acids is 2. The SMILES string of the molecule is COc1ccc(N2C(=O)C(Nc3ccc(C)cc3C)=C(c3ccc(F)cc3)C2=O)c(OC)c1. The van der Waals surface area contributed by atoms with E-state index in [0.29, 0.717) is 22.7 Å². The molecule has 0 aromatic heterocycles. The van der Waals surface area contributed by atoms with Gasteiger partial charge >= 0.3 is 0 Å². The molecule has 3 aromatic rings. The highest BCUT2D eigenvalue weighted by Gasteiger charge is 2.41. The third-order valence-electron chi connectivity index (χ3n) is 5.49. The lowest BCUT2D eigenvalue weighted by Gasteiger charge is -2.19. The Morgan fingerprint density at radius 1 is 0.848 bits per heavy atom. The second kappa shape index (κ2) is 8.78. The number of rotatable bonds is 6. The van der Waals surface area contributed by atoms with Gasteiger partial charge in [0, 0.05) is 11.8 Å². The molecular formula is C26H23FN2O4. The van der Waals surface area contributed by atoms with Gasteiger partial charge in [-0.25, -0.2) is 9.29 Å². The molecule has 0 saturated carbocycles. The van der Waals surface area contributed by atoms with Crippen LogP contribution in [0.1, 0.15) is 16.7 Å². The van der Waals surface area contributed by atoms with Crippen LogP contribution < -0.4 is 19.7 Å². The summed E-state index contributed by atoms with van der Waals surface area (Å²) in [4.78, 5) is 28.2. The Morgan fingerprint density at radius 3 is 2.21 bits per heavy atom. The van der Waals surface area contributed by atoms with Gasteiger partial charge in [-0.05, 0) is 55.3 Å². The fourth-order valence-electron chi connectivity index (χ4n) is 3.81. The topological polar surface area (TPSA) is 67.9 Å². The van der Waals surface area contributed by atoms with Gasteiger partial charge in [-0.2, -0.15) is 0 Å². The van der Waals surface area contributed by atoms with Gasteiger partial charge in [-0.3, -0.25) is 9.59 Å². The molecule has 0 spiro atoms. The van der Waals surface area contributed by atoms with Crippen molar-refractivity contribution >= 4 is 28.8 Å². The third-order valence-corrected chi connectivity index (χ3v) is 5.49. The molecule has 0 radical (unpaired) electrons. The van der Waals surface area contributed by atoms with E-state index in [4.69, 9.17) is 9.47 Å². The Bertz CT molecular complexity index is 1280. The van der Waals surface area contributed by atoms with Crippen LogP contribution in [0.15, 0.2) is 66.4 Å². The van der Waals surface area contributed by atoms with Gasteiger partial charge in [0.2, 0.25) is 0 Å². The number of hydrogen-bond donors (Lipinski definition) is 1. The number of imide groups is 1. The summed E-state index contributed by atoms with van der Waals surface area (Å²) < 4.78 is 24.2. The van der Waals surface area contributed by atoms with Crippen LogP contribution in [-0.4, -0.2) is 26.0 Å². The molecule has 4 rings (SSSR count). The number of ether oxygens (including phenoxy) is 2. The number of nitrogens with zero attached hydrogens (tertiary/aromatic N) is 1. The number of halogens is 1. The molecule has 33 heavy (non-hydrogen) atoms. The lowest BCUT2D eigenvalue weighted by molar-refractivity contribution is -0.120. The molecule has 0 fully saturated rings. The van der Waals surface area contributed by atoms with Crippen molar-refractivity contribution in [1.82, 2.24) is 0 Å². The van der Waals surface area contributed by atoms with E-state index in [1.165, 1.54) is 38.5 Å². The van der Waals surface area contributed by atoms with Gasteiger partial charge < -0.3 is 14.8 Å². The van der Waals surface area contributed by atoms with E-state index < -0.39 is 17.6 Å². The zero-order chi connectivity index (χ0) is 23.7. The molecule has 6 nitrogen and oxygen atoms in total. The average Bonchev–Trinajstić information content (AvgIpc) is 3.05. The van der Waals surface area contributed by atoms with Crippen LogP contribution >= 0.6 is 0 Å². The number of amides is 2. The number of anilines is 2. The first kappa shape index (κ1) is 22.1. The van der Waals surface area contributed by atoms with Crippen LogP contribution in [-0.2, 0) is 9.59 Å². The van der Waals surface area contributed by atoms with Crippen LogP contribution in [0.3, 0.4) is 0 Å². The van der Waals surface area contributed by atoms with Crippen LogP contribution in [0.25, 0.3) is 5.57 Å². The molecule has 0 unspecified atom stereocenters. The van der Waals surface area contributed by atoms with Gasteiger partial charge in [0.15, 0.2) is 0 Å². The van der Waals surface area contributed by atoms with Gasteiger partial charge in [0.25, 0.3) is 11.8 Å². The normalized spacial score (nSPS) is 13.5. The predicted octanol–water partition coefficient (Wildman–Crippen LogP) is 4.86. The zero-order valence-electron chi connectivity index (χ0n) is 18.7. The summed E-state index contributed by atoms with van der Waals surface area (Å²) in [6.07, 6.45) is 0. The molecule has 0 bridgehead atoms. The summed E-state index contributed by atoms with van der Waals surface area (Å²) in [6.45, 7) is 3.89. The first-order valence-corrected chi connectivity index (χ1v) is 10.3. The Morgan fingerprint density at radius 2 is 1.58 bits per heavy atom. The van der Waals surface area contributed by atoms with Gasteiger partial charge in [0.05, 0.1) is 25.5 Å². The summed E-state index contributed by atoms with van der Waals surface area (Å²) >= 11 is 0. The maximum atomic E-state index is 13.6. The summed E-state index contributed by atoms with van der Waals surface area (Å²) in [7, 11) is 2.97. The number of nitrogens with one attached hydrogen (secondary N) is 1. The van der Waals surface area contributed by atoms with Crippen molar-refractivity contribution in [3.63, 3.8) is 0 Å². The maximum absolute atomic E-state index is 13.6. The number of hydrogen-bond acceptors (Lipinski definition) is 5. The third kappa shape index (κ3) is 4.05. The lowest BCUT2D eigenvalue weighted by atomic mass is 10.0. The molecule has 1 N–H and O–H groups in total. The Hall–Kier alpha value is -4.13. The quantitative estimate of drug-likeness (QED) is 0.548. The Labute approximate surface area is 191 Å². The molecule has 168 valence electrons. The van der Waals surface area contributed by atoms with Crippen LogP contribution in [0.4, 0.5) is 15.8 Å². The molecule has 0 atom stereocenters. The average molecular weight is 446 g/mol. The predicted molar refractivity (Wildman–Crippen MR) is 125 cm³/mol. The molecular weight excluding hydrogens is 423 g/mol. The van der Waals surface area contributed by atoms with E-state index in [1.54, 1.807) is 18.2 Å². The molecule has 3 aromatic carbocycles. The standard InChI is InChI=1S/C26H23FN2O4/c1-15-5-11-20(16(2)13-15)28-24-23(17-6-8-18(27)9-7-17)25(30)29(26(24)31)21-12-10-19(32-3)14-22(21)33-4/h5-14,28H,1-4H3. The summed E-state index contributed by atoms with van der Waals surface area (Å²) in [5.74, 6) is -0.684. The minimum atomic E-state index is -0.540. The largest absolute Gasteiger partial charge is 0.497 e. The molecule has 1 heterocycles. The van der Waals surface area contributed by atoms with Gasteiger partial charge in [-0.15, -0.1) is 0 Å². The van der Waals surface area contributed by atoms with E-state index in [2.05, 4.69) is 5.32 Å². The highest BCUT2D eigenvalue weighted by molar-refractivity contribution is 6.46. The Balaban J connectivity index is 1.85. The minimum absolute atomic E-state index is 0.108. The van der Waals surface area contributed by atoms with Gasteiger partial charge in [-0.1, -0.05) is 29.8 Å². The monoisotopic (exact) mass is 446 g/mol. The summed E-state index contributed by atoms with van der Waals surface area (Å²) in [5.41, 5.74) is 3.66. The number of aryl methyl sites for hydroxylation is 2. The van der Waals surface area contributed by atoms with E-state index in [9.17, 15) is 14.0 Å². The molecule has 7 heteroatoms. The molecule has 2 amide bonds. The Kier molecular flexibility index (Phi) is 5.87. The molecule has 0 aliphatic carbocycles. The van der Waals surface area contributed by atoms with Crippen molar-refractivity contribution < 1.29 is 23.5 Å². The van der Waals surface area contributed by atoms with Crippen molar-refractivity contribution in [2.45, 2.75) is 13.8 Å². The number of carbonyl (C=O) groups is 2. The molecule has 1 aliphatic heterocycles. The van der Waals surface area contributed by atoms with E-state index in [1.807, 2.05) is 32.0 Å². The van der Waals surface area contributed by atoms with Crippen LogP contribution in [0.5, 0.6) is 11.5 Å². The second-order valence-corrected chi connectivity index (χ2v) is 7.68. The lowest BCUT2D eigenvalue weighted by Crippen LogP contribution is -2.32. The van der Waals surface area contributed by atoms with Crippen LogP contribution in [0, 0.1) is 19.7 Å². The highest BCUT2D eigenvalue weighted by atomic mass is 19.1. The fraction of sp³-hybridized carbons (Fsp3) is 0.154. The van der Waals surface area contributed by atoms with E-state index >= 15 is 0 Å². The van der Waals surface area contributed by atoms with Gasteiger partial charge in [0.1, 0.15) is 23.0 Å². The van der Waals surface area contributed by atoms with E-state index in [-0.39, 0.29) is 17.0 Å². The van der Waals surface area contributed by atoms with Crippen LogP contribution in [0.2, 0.25) is 0 Å². The number of methoxy groups -OCH3 is 2. The number of benzene rings is 3. The van der Waals surface area contributed by atoms with Crippen molar-refractivity contribution in [3.8, 4) is 11.5 Å². The summed E-state index contributed by atoms with van der Waals surface area (Å²) in [6, 6.07) is 16.1. The zero-order valence-corrected chi connectivity index (χ0v) is 18.7. The minimum Gasteiger partial charge on any atom is -0.497 e. The summed E-state index contributed by atoms with van der Waals surface area (Å²) in [5, 5.41) is 3.15. The van der Waals surface area contributed by atoms with Crippen molar-refractivity contribution in [2.24, 2.45) is 0 Å². The highest BCUT2D eigenvalue weighted by Crippen LogP contribution is 2.39. The molecule has 0 saturated heterocycles. The maximum Gasteiger partial charge on any atom is 0.282 e. The van der Waals surface area contributed by atoms with Crippen molar-refractivity contribution in [1.29, 1.82) is 0 Å². The van der Waals surface area contributed by atoms with E-state index in [0.717, 1.165) is 16.0 Å². The first-order valence-electron chi connectivity index (χ1n) is 10.3. The second-order valence-electron chi connectivity index (χ2n) is 7.68. The molecule has 1 aliphatic rings. The van der Waals surface area contributed by atoms with Crippen molar-refractivity contribution in [3.05, 3.63) is 88.9 Å².